The lowest BCUT2D eigenvalue weighted by atomic mass is 10.2. The summed E-state index contributed by atoms with van der Waals surface area (Å²) >= 11 is 0. The number of hydrogen-bond donors (Lipinski definition) is 1. The van der Waals surface area contributed by atoms with Crippen molar-refractivity contribution in [1.82, 2.24) is 9.21 Å². The largest absolute Gasteiger partial charge is 0.329 e. The molecule has 156 valence electrons. The topological polar surface area (TPSA) is 86.8 Å². The standard InChI is InChI=1S/C21H27N3O4S/c1-5-13-24(15-20(25)22-19-12-7-6-9-16(19)2)21(26)17-10-8-11-18(14-17)29(27,28)23(3)4/h6-12,14H,5,13,15H2,1-4H3,(H,22,25). The summed E-state index contributed by atoms with van der Waals surface area (Å²) in [6, 6.07) is 13.3. The van der Waals surface area contributed by atoms with Gasteiger partial charge in [0, 0.05) is 31.9 Å². The molecule has 0 saturated heterocycles. The third-order valence-electron chi connectivity index (χ3n) is 4.39. The first-order valence-corrected chi connectivity index (χ1v) is 10.8. The molecule has 0 aliphatic rings. The molecule has 0 unspecified atom stereocenters. The highest BCUT2D eigenvalue weighted by atomic mass is 32.2. The first-order valence-electron chi connectivity index (χ1n) is 9.34. The van der Waals surface area contributed by atoms with Gasteiger partial charge in [0.05, 0.1) is 4.90 Å². The molecule has 29 heavy (non-hydrogen) atoms. The first kappa shape index (κ1) is 22.6. The number of amides is 2. The fourth-order valence-electron chi connectivity index (χ4n) is 2.78. The molecule has 2 aromatic carbocycles. The molecule has 1 N–H and O–H groups in total. The molecule has 0 heterocycles. The van der Waals surface area contributed by atoms with Crippen LogP contribution in [0.1, 0.15) is 29.3 Å². The number of nitrogens with zero attached hydrogens (tertiary/aromatic N) is 2. The second-order valence-electron chi connectivity index (χ2n) is 6.91. The van der Waals surface area contributed by atoms with Crippen LogP contribution in [0.25, 0.3) is 0 Å². The van der Waals surface area contributed by atoms with Crippen LogP contribution in [0.2, 0.25) is 0 Å². The second-order valence-corrected chi connectivity index (χ2v) is 9.06. The highest BCUT2D eigenvalue weighted by molar-refractivity contribution is 7.89. The third kappa shape index (κ3) is 5.65. The van der Waals surface area contributed by atoms with Gasteiger partial charge in [0.15, 0.2) is 0 Å². The Balaban J connectivity index is 2.21. The van der Waals surface area contributed by atoms with Gasteiger partial charge < -0.3 is 10.2 Å². The summed E-state index contributed by atoms with van der Waals surface area (Å²) < 4.78 is 25.8. The average Bonchev–Trinajstić information content (AvgIpc) is 2.69. The summed E-state index contributed by atoms with van der Waals surface area (Å²) in [5.41, 5.74) is 1.85. The Bertz CT molecular complexity index is 987. The van der Waals surface area contributed by atoms with Crippen molar-refractivity contribution in [3.63, 3.8) is 0 Å². The van der Waals surface area contributed by atoms with Gasteiger partial charge in [-0.2, -0.15) is 0 Å². The van der Waals surface area contributed by atoms with Gasteiger partial charge in [0.1, 0.15) is 6.54 Å². The Labute approximate surface area is 172 Å². The maximum absolute atomic E-state index is 13.0. The summed E-state index contributed by atoms with van der Waals surface area (Å²) in [5, 5.41) is 2.82. The van der Waals surface area contributed by atoms with Crippen molar-refractivity contribution in [2.24, 2.45) is 0 Å². The van der Waals surface area contributed by atoms with Crippen LogP contribution >= 0.6 is 0 Å². The molecule has 0 bridgehead atoms. The Morgan fingerprint density at radius 3 is 2.34 bits per heavy atom. The van der Waals surface area contributed by atoms with Crippen molar-refractivity contribution in [2.75, 3.05) is 32.5 Å². The van der Waals surface area contributed by atoms with Crippen LogP contribution in [0.5, 0.6) is 0 Å². The zero-order chi connectivity index (χ0) is 21.6. The zero-order valence-corrected chi connectivity index (χ0v) is 18.0. The van der Waals surface area contributed by atoms with Gasteiger partial charge in [0.25, 0.3) is 5.91 Å². The predicted octanol–water partition coefficient (Wildman–Crippen LogP) is 2.74. The molecule has 8 heteroatoms. The minimum Gasteiger partial charge on any atom is -0.329 e. The van der Waals surface area contributed by atoms with Gasteiger partial charge in [-0.25, -0.2) is 12.7 Å². The Morgan fingerprint density at radius 1 is 1.03 bits per heavy atom. The SMILES string of the molecule is CCCN(CC(=O)Nc1ccccc1C)C(=O)c1cccc(S(=O)(=O)N(C)C)c1. The highest BCUT2D eigenvalue weighted by Gasteiger charge is 2.22. The molecule has 7 nitrogen and oxygen atoms in total. The molecule has 2 amide bonds. The minimum absolute atomic E-state index is 0.0363. The van der Waals surface area contributed by atoms with Crippen LogP contribution in [-0.4, -0.2) is 56.6 Å². The van der Waals surface area contributed by atoms with Crippen molar-refractivity contribution < 1.29 is 18.0 Å². The van der Waals surface area contributed by atoms with Crippen LogP contribution in [-0.2, 0) is 14.8 Å². The maximum atomic E-state index is 13.0. The summed E-state index contributed by atoms with van der Waals surface area (Å²) in [6.45, 7) is 4.06. The Hall–Kier alpha value is -2.71. The van der Waals surface area contributed by atoms with Gasteiger partial charge >= 0.3 is 0 Å². The molecule has 0 aliphatic heterocycles. The van der Waals surface area contributed by atoms with Crippen LogP contribution in [0, 0.1) is 6.92 Å². The summed E-state index contributed by atoms with van der Waals surface area (Å²) in [6.07, 6.45) is 0.666. The van der Waals surface area contributed by atoms with E-state index in [2.05, 4.69) is 5.32 Å². The van der Waals surface area contributed by atoms with E-state index < -0.39 is 10.0 Å². The van der Waals surface area contributed by atoms with Crippen molar-refractivity contribution >= 4 is 27.5 Å². The Morgan fingerprint density at radius 2 is 1.72 bits per heavy atom. The number of carbonyl (C=O) groups excluding carboxylic acids is 2. The van der Waals surface area contributed by atoms with E-state index in [0.717, 1.165) is 9.87 Å². The van der Waals surface area contributed by atoms with Crippen molar-refractivity contribution in [1.29, 1.82) is 0 Å². The molecule has 0 atom stereocenters. The molecule has 0 saturated carbocycles. The van der Waals surface area contributed by atoms with Crippen LogP contribution in [0.4, 0.5) is 5.69 Å². The summed E-state index contributed by atoms with van der Waals surface area (Å²) in [7, 11) is -0.789. The number of hydrogen-bond acceptors (Lipinski definition) is 4. The molecule has 0 radical (unpaired) electrons. The number of aryl methyl sites for hydroxylation is 1. The van der Waals surface area contributed by atoms with Crippen LogP contribution < -0.4 is 5.32 Å². The van der Waals surface area contributed by atoms with E-state index in [-0.39, 0.29) is 28.8 Å². The number of para-hydroxylation sites is 1. The molecule has 2 aromatic rings. The molecular weight excluding hydrogens is 390 g/mol. The predicted molar refractivity (Wildman–Crippen MR) is 113 cm³/mol. The maximum Gasteiger partial charge on any atom is 0.254 e. The molecule has 0 aliphatic carbocycles. The first-order chi connectivity index (χ1) is 13.7. The second kappa shape index (κ2) is 9.67. The molecule has 0 spiro atoms. The molecule has 2 rings (SSSR count). The van der Waals surface area contributed by atoms with E-state index in [4.69, 9.17) is 0 Å². The number of anilines is 1. The van der Waals surface area contributed by atoms with Crippen molar-refractivity contribution in [3.05, 3.63) is 59.7 Å². The van der Waals surface area contributed by atoms with Gasteiger partial charge in [-0.15, -0.1) is 0 Å². The third-order valence-corrected chi connectivity index (χ3v) is 6.21. The Kier molecular flexibility index (Phi) is 7.53. The summed E-state index contributed by atoms with van der Waals surface area (Å²) in [5.74, 6) is -0.694. The van der Waals surface area contributed by atoms with Gasteiger partial charge in [-0.1, -0.05) is 31.2 Å². The van der Waals surface area contributed by atoms with E-state index in [1.54, 1.807) is 12.1 Å². The lowest BCUT2D eigenvalue weighted by Crippen LogP contribution is -2.38. The smallest absolute Gasteiger partial charge is 0.254 e. The van der Waals surface area contributed by atoms with E-state index in [1.807, 2.05) is 32.0 Å². The number of sulfonamides is 1. The van der Waals surface area contributed by atoms with Gasteiger partial charge in [-0.3, -0.25) is 9.59 Å². The van der Waals surface area contributed by atoms with Crippen LogP contribution in [0.3, 0.4) is 0 Å². The zero-order valence-electron chi connectivity index (χ0n) is 17.2. The van der Waals surface area contributed by atoms with E-state index in [0.29, 0.717) is 18.7 Å². The fraction of sp³-hybridized carbons (Fsp3) is 0.333. The number of benzene rings is 2. The van der Waals surface area contributed by atoms with Crippen molar-refractivity contribution in [2.45, 2.75) is 25.2 Å². The van der Waals surface area contributed by atoms with Crippen LogP contribution in [0.15, 0.2) is 53.4 Å². The minimum atomic E-state index is -3.66. The fourth-order valence-corrected chi connectivity index (χ4v) is 3.73. The van der Waals surface area contributed by atoms with Gasteiger partial charge in [-0.05, 0) is 43.2 Å². The quantitative estimate of drug-likeness (QED) is 0.715. The van der Waals surface area contributed by atoms with E-state index in [1.165, 1.54) is 37.2 Å². The number of carbonyl (C=O) groups is 2. The number of nitrogens with one attached hydrogen (secondary N) is 1. The molecule has 0 fully saturated rings. The monoisotopic (exact) mass is 417 g/mol. The van der Waals surface area contributed by atoms with E-state index >= 15 is 0 Å². The lowest BCUT2D eigenvalue weighted by Gasteiger charge is -2.22. The van der Waals surface area contributed by atoms with E-state index in [9.17, 15) is 18.0 Å². The lowest BCUT2D eigenvalue weighted by molar-refractivity contribution is -0.116. The number of rotatable bonds is 8. The van der Waals surface area contributed by atoms with Crippen molar-refractivity contribution in [3.8, 4) is 0 Å². The summed E-state index contributed by atoms with van der Waals surface area (Å²) in [4.78, 5) is 26.9. The molecular formula is C21H27N3O4S. The van der Waals surface area contributed by atoms with Gasteiger partial charge in [0.2, 0.25) is 15.9 Å². The average molecular weight is 418 g/mol. The molecule has 0 aromatic heterocycles. The normalized spacial score (nSPS) is 11.3. The highest BCUT2D eigenvalue weighted by Crippen LogP contribution is 2.17.